The molecule has 122 valence electrons. The third-order valence-corrected chi connectivity index (χ3v) is 5.15. The Morgan fingerprint density at radius 3 is 2.35 bits per heavy atom. The van der Waals surface area contributed by atoms with E-state index in [1.54, 1.807) is 12.1 Å². The zero-order valence-electron chi connectivity index (χ0n) is 12.5. The van der Waals surface area contributed by atoms with Gasteiger partial charge in [0.2, 0.25) is 15.9 Å². The number of carbonyl (C=O) groups is 1. The second-order valence-electron chi connectivity index (χ2n) is 4.78. The molecule has 0 aliphatic carbocycles. The van der Waals surface area contributed by atoms with Crippen molar-refractivity contribution in [3.05, 3.63) is 52.9 Å². The van der Waals surface area contributed by atoms with Gasteiger partial charge in [-0.1, -0.05) is 0 Å². The van der Waals surface area contributed by atoms with Crippen LogP contribution in [0.1, 0.15) is 5.76 Å². The van der Waals surface area contributed by atoms with Crippen LogP contribution in [0.2, 0.25) is 0 Å². The topological polar surface area (TPSA) is 79.6 Å². The highest BCUT2D eigenvalue weighted by molar-refractivity contribution is 9.10. The number of furan rings is 1. The van der Waals surface area contributed by atoms with E-state index in [1.165, 1.54) is 50.5 Å². The third kappa shape index (κ3) is 4.54. The maximum absolute atomic E-state index is 11.9. The van der Waals surface area contributed by atoms with Crippen molar-refractivity contribution in [2.75, 3.05) is 19.4 Å². The standard InChI is InChI=1S/C15H15BrN2O4S/c1-18(2)23(20,21)13-7-3-11(4-8-13)17-15(19)10-6-12-5-9-14(16)22-12/h3-10H,1-2H3,(H,17,19). The van der Waals surface area contributed by atoms with Crippen LogP contribution in [-0.4, -0.2) is 32.7 Å². The molecule has 0 bridgehead atoms. The molecule has 23 heavy (non-hydrogen) atoms. The molecule has 1 aromatic carbocycles. The van der Waals surface area contributed by atoms with Gasteiger partial charge in [-0.25, -0.2) is 12.7 Å². The molecule has 2 rings (SSSR count). The number of hydrogen-bond acceptors (Lipinski definition) is 4. The van der Waals surface area contributed by atoms with Gasteiger partial charge in [0, 0.05) is 25.9 Å². The Morgan fingerprint density at radius 2 is 1.83 bits per heavy atom. The molecule has 0 aliphatic rings. The van der Waals surface area contributed by atoms with Crippen LogP contribution in [0, 0.1) is 0 Å². The second-order valence-corrected chi connectivity index (χ2v) is 7.71. The normalized spacial score (nSPS) is 12.0. The summed E-state index contributed by atoms with van der Waals surface area (Å²) in [6.45, 7) is 0. The van der Waals surface area contributed by atoms with Gasteiger partial charge in [0.15, 0.2) is 4.67 Å². The van der Waals surface area contributed by atoms with Gasteiger partial charge in [0.25, 0.3) is 0 Å². The fourth-order valence-corrected chi connectivity index (χ4v) is 2.90. The molecule has 1 N–H and O–H groups in total. The van der Waals surface area contributed by atoms with Crippen molar-refractivity contribution in [1.29, 1.82) is 0 Å². The Hall–Kier alpha value is -1.90. The number of benzene rings is 1. The van der Waals surface area contributed by atoms with E-state index in [0.717, 1.165) is 4.31 Å². The van der Waals surface area contributed by atoms with Crippen LogP contribution in [0.15, 0.2) is 56.5 Å². The lowest BCUT2D eigenvalue weighted by atomic mass is 10.3. The van der Waals surface area contributed by atoms with Crippen molar-refractivity contribution < 1.29 is 17.6 Å². The second kappa shape index (κ2) is 7.12. The van der Waals surface area contributed by atoms with E-state index < -0.39 is 10.0 Å². The molecule has 0 unspecified atom stereocenters. The van der Waals surface area contributed by atoms with Crippen LogP contribution < -0.4 is 5.32 Å². The Balaban J connectivity index is 2.03. The predicted molar refractivity (Wildman–Crippen MR) is 91.4 cm³/mol. The van der Waals surface area contributed by atoms with Gasteiger partial charge in [-0.2, -0.15) is 0 Å². The number of nitrogens with one attached hydrogen (secondary N) is 1. The number of hydrogen-bond donors (Lipinski definition) is 1. The van der Waals surface area contributed by atoms with E-state index in [2.05, 4.69) is 21.2 Å². The molecule has 0 aliphatic heterocycles. The number of carbonyl (C=O) groups excluding carboxylic acids is 1. The van der Waals surface area contributed by atoms with Gasteiger partial charge < -0.3 is 9.73 Å². The van der Waals surface area contributed by atoms with E-state index in [-0.39, 0.29) is 10.8 Å². The van der Waals surface area contributed by atoms with Crippen molar-refractivity contribution in [2.45, 2.75) is 4.90 Å². The van der Waals surface area contributed by atoms with Crippen LogP contribution in [0.25, 0.3) is 6.08 Å². The summed E-state index contributed by atoms with van der Waals surface area (Å²) in [5, 5.41) is 2.64. The van der Waals surface area contributed by atoms with Crippen molar-refractivity contribution in [2.24, 2.45) is 0 Å². The molecule has 0 saturated heterocycles. The Morgan fingerprint density at radius 1 is 1.17 bits per heavy atom. The largest absolute Gasteiger partial charge is 0.450 e. The lowest BCUT2D eigenvalue weighted by Gasteiger charge is -2.11. The minimum absolute atomic E-state index is 0.163. The third-order valence-electron chi connectivity index (χ3n) is 2.89. The lowest BCUT2D eigenvalue weighted by molar-refractivity contribution is -0.111. The molecule has 6 nitrogen and oxygen atoms in total. The smallest absolute Gasteiger partial charge is 0.248 e. The van der Waals surface area contributed by atoms with Crippen LogP contribution in [0.4, 0.5) is 5.69 Å². The van der Waals surface area contributed by atoms with Crippen LogP contribution in [0.3, 0.4) is 0 Å². The molecular formula is C15H15BrN2O4S. The highest BCUT2D eigenvalue weighted by atomic mass is 79.9. The average Bonchev–Trinajstić information content (AvgIpc) is 2.91. The summed E-state index contributed by atoms with van der Waals surface area (Å²) in [5.41, 5.74) is 0.498. The first-order valence-corrected chi connectivity index (χ1v) is 8.79. The van der Waals surface area contributed by atoms with Crippen LogP contribution in [0.5, 0.6) is 0 Å². The predicted octanol–water partition coefficient (Wildman–Crippen LogP) is 2.94. The minimum atomic E-state index is -3.48. The van der Waals surface area contributed by atoms with E-state index in [0.29, 0.717) is 16.1 Å². The van der Waals surface area contributed by atoms with E-state index in [1.807, 2.05) is 0 Å². The van der Waals surface area contributed by atoms with Crippen molar-refractivity contribution >= 4 is 43.6 Å². The molecule has 1 heterocycles. The minimum Gasteiger partial charge on any atom is -0.450 e. The highest BCUT2D eigenvalue weighted by Crippen LogP contribution is 2.17. The first-order chi connectivity index (χ1) is 10.8. The maximum Gasteiger partial charge on any atom is 0.248 e. The Labute approximate surface area is 143 Å². The Kier molecular flexibility index (Phi) is 5.40. The zero-order chi connectivity index (χ0) is 17.0. The molecule has 0 spiro atoms. The number of halogens is 1. The zero-order valence-corrected chi connectivity index (χ0v) is 14.9. The SMILES string of the molecule is CN(C)S(=O)(=O)c1ccc(NC(=O)C=Cc2ccc(Br)o2)cc1. The fraction of sp³-hybridized carbons (Fsp3) is 0.133. The molecule has 8 heteroatoms. The summed E-state index contributed by atoms with van der Waals surface area (Å²) in [7, 11) is -0.554. The van der Waals surface area contributed by atoms with E-state index >= 15 is 0 Å². The number of rotatable bonds is 5. The maximum atomic E-state index is 11.9. The van der Waals surface area contributed by atoms with Gasteiger partial charge in [-0.05, 0) is 58.4 Å². The van der Waals surface area contributed by atoms with Gasteiger partial charge in [-0.3, -0.25) is 4.79 Å². The summed E-state index contributed by atoms with van der Waals surface area (Å²) >= 11 is 3.17. The van der Waals surface area contributed by atoms with Crippen LogP contribution >= 0.6 is 15.9 Å². The van der Waals surface area contributed by atoms with Gasteiger partial charge >= 0.3 is 0 Å². The molecule has 0 saturated carbocycles. The number of anilines is 1. The molecule has 0 fully saturated rings. The Bertz CT molecular complexity index is 823. The monoisotopic (exact) mass is 398 g/mol. The van der Waals surface area contributed by atoms with E-state index in [4.69, 9.17) is 4.42 Å². The number of sulfonamides is 1. The highest BCUT2D eigenvalue weighted by Gasteiger charge is 2.16. The molecule has 1 amide bonds. The lowest BCUT2D eigenvalue weighted by Crippen LogP contribution is -2.22. The van der Waals surface area contributed by atoms with Crippen molar-refractivity contribution in [3.8, 4) is 0 Å². The van der Waals surface area contributed by atoms with Gasteiger partial charge in [0.1, 0.15) is 5.76 Å². The van der Waals surface area contributed by atoms with Crippen molar-refractivity contribution in [3.63, 3.8) is 0 Å². The van der Waals surface area contributed by atoms with Gasteiger partial charge in [-0.15, -0.1) is 0 Å². The van der Waals surface area contributed by atoms with Crippen LogP contribution in [-0.2, 0) is 14.8 Å². The number of amides is 1. The first kappa shape index (κ1) is 17.5. The summed E-state index contributed by atoms with van der Waals surface area (Å²) in [6.07, 6.45) is 2.86. The summed E-state index contributed by atoms with van der Waals surface area (Å²) in [5.74, 6) is 0.195. The van der Waals surface area contributed by atoms with E-state index in [9.17, 15) is 13.2 Å². The summed E-state index contributed by atoms with van der Waals surface area (Å²) in [6, 6.07) is 9.39. The van der Waals surface area contributed by atoms with Gasteiger partial charge in [0.05, 0.1) is 4.90 Å². The molecule has 1 aromatic heterocycles. The molecule has 0 radical (unpaired) electrons. The molecule has 0 atom stereocenters. The van der Waals surface area contributed by atoms with Crippen molar-refractivity contribution in [1.82, 2.24) is 4.31 Å². The fourth-order valence-electron chi connectivity index (χ4n) is 1.68. The average molecular weight is 399 g/mol. The molecule has 2 aromatic rings. The first-order valence-electron chi connectivity index (χ1n) is 6.56. The number of nitrogens with zero attached hydrogens (tertiary/aromatic N) is 1. The molecular weight excluding hydrogens is 384 g/mol. The summed E-state index contributed by atoms with van der Waals surface area (Å²) < 4.78 is 30.8. The summed E-state index contributed by atoms with van der Waals surface area (Å²) in [4.78, 5) is 12.0. The quantitative estimate of drug-likeness (QED) is 0.785.